The van der Waals surface area contributed by atoms with Crippen molar-refractivity contribution >= 4 is 39.8 Å². The second-order valence-corrected chi connectivity index (χ2v) is 12.5. The fourth-order valence-corrected chi connectivity index (χ4v) is 7.65. The summed E-state index contributed by atoms with van der Waals surface area (Å²) in [4.78, 5) is 0. The van der Waals surface area contributed by atoms with Crippen LogP contribution in [0.15, 0.2) is 170 Å². The van der Waals surface area contributed by atoms with E-state index in [1.54, 1.807) is 0 Å². The molecule has 9 rings (SSSR count). The van der Waals surface area contributed by atoms with E-state index in [9.17, 15) is 0 Å². The largest absolute Gasteiger partial charge is 0.0985 e. The average Bonchev–Trinajstić information content (AvgIpc) is 3.49. The summed E-state index contributed by atoms with van der Waals surface area (Å²) in [6, 6.07) is 59.6. The lowest BCUT2D eigenvalue weighted by atomic mass is 9.82. The highest BCUT2D eigenvalue weighted by molar-refractivity contribution is 6.29. The van der Waals surface area contributed by atoms with Crippen LogP contribution in [-0.2, 0) is 0 Å². The minimum atomic E-state index is 1.12. The minimum Gasteiger partial charge on any atom is -0.0985 e. The molecule has 224 valence electrons. The fourth-order valence-electron chi connectivity index (χ4n) is 7.65. The lowest BCUT2D eigenvalue weighted by Gasteiger charge is -2.20. The first-order valence-electron chi connectivity index (χ1n) is 16.6. The molecule has 0 atom stereocenters. The van der Waals surface area contributed by atoms with Crippen LogP contribution in [0, 0.1) is 0 Å². The van der Waals surface area contributed by atoms with Gasteiger partial charge in [-0.3, -0.25) is 0 Å². The maximum absolute atomic E-state index is 3.99. The first-order chi connectivity index (χ1) is 23.8. The fraction of sp³-hybridized carbons (Fsp3) is 0. The number of rotatable bonds is 6. The van der Waals surface area contributed by atoms with Gasteiger partial charge in [0, 0.05) is 0 Å². The maximum Gasteiger partial charge on any atom is -0.000740 e. The summed E-state index contributed by atoms with van der Waals surface area (Å²) in [5.41, 5.74) is 16.2. The molecule has 8 aromatic carbocycles. The predicted molar refractivity (Wildman–Crippen MR) is 208 cm³/mol. The van der Waals surface area contributed by atoms with Gasteiger partial charge in [0.1, 0.15) is 0 Å². The minimum absolute atomic E-state index is 1.12. The Bertz CT molecular complexity index is 2430. The summed E-state index contributed by atoms with van der Waals surface area (Å²) >= 11 is 0. The third kappa shape index (κ3) is 4.46. The van der Waals surface area contributed by atoms with Crippen LogP contribution < -0.4 is 0 Å². The van der Waals surface area contributed by atoms with E-state index in [0.29, 0.717) is 0 Å². The average molecular weight is 609 g/mol. The van der Waals surface area contributed by atoms with Gasteiger partial charge in [-0.15, -0.1) is 0 Å². The van der Waals surface area contributed by atoms with Crippen molar-refractivity contribution in [2.75, 3.05) is 0 Å². The lowest BCUT2D eigenvalue weighted by Crippen LogP contribution is -1.93. The molecule has 0 saturated carbocycles. The van der Waals surface area contributed by atoms with Gasteiger partial charge >= 0.3 is 0 Å². The topological polar surface area (TPSA) is 0 Å². The number of benzene rings is 8. The van der Waals surface area contributed by atoms with Gasteiger partial charge in [-0.2, -0.15) is 0 Å². The van der Waals surface area contributed by atoms with Crippen molar-refractivity contribution < 1.29 is 0 Å². The Morgan fingerprint density at radius 2 is 0.833 bits per heavy atom. The van der Waals surface area contributed by atoms with E-state index in [-0.39, 0.29) is 0 Å². The molecule has 0 unspecified atom stereocenters. The quantitative estimate of drug-likeness (QED) is 0.165. The highest BCUT2D eigenvalue weighted by atomic mass is 14.3. The standard InChI is InChI=1S/C48H32/c1-2-32-22-25-34(26-23-32)38-30-31-42-46-41(29-28-37(43(38)46)27-24-33-14-6-3-7-15-33)47-44(35-16-8-4-9-17-35)39-20-12-13-21-40(39)45(48(42)47)36-18-10-5-11-19-36/h2-31H,1H2. The van der Waals surface area contributed by atoms with Crippen LogP contribution in [0.3, 0.4) is 0 Å². The maximum atomic E-state index is 3.99. The van der Waals surface area contributed by atoms with Gasteiger partial charge in [-0.05, 0) is 93.9 Å². The van der Waals surface area contributed by atoms with E-state index in [1.807, 2.05) is 6.08 Å². The van der Waals surface area contributed by atoms with Crippen molar-refractivity contribution in [1.82, 2.24) is 0 Å². The smallest absolute Gasteiger partial charge is 0.000740 e. The van der Waals surface area contributed by atoms with E-state index < -0.39 is 0 Å². The van der Waals surface area contributed by atoms with Crippen LogP contribution in [0.1, 0.15) is 16.7 Å². The van der Waals surface area contributed by atoms with Crippen molar-refractivity contribution in [2.45, 2.75) is 0 Å². The molecule has 0 amide bonds. The van der Waals surface area contributed by atoms with Crippen molar-refractivity contribution in [3.63, 3.8) is 0 Å². The van der Waals surface area contributed by atoms with Crippen LogP contribution in [-0.4, -0.2) is 0 Å². The number of hydrogen-bond acceptors (Lipinski definition) is 0. The molecule has 0 saturated heterocycles. The molecule has 0 heteroatoms. The zero-order valence-corrected chi connectivity index (χ0v) is 26.5. The van der Waals surface area contributed by atoms with E-state index in [4.69, 9.17) is 0 Å². The molecule has 0 heterocycles. The number of fused-ring (bicyclic) bond motifs is 4. The van der Waals surface area contributed by atoms with Crippen LogP contribution in [0.4, 0.5) is 0 Å². The van der Waals surface area contributed by atoms with Crippen LogP contribution in [0.5, 0.6) is 0 Å². The van der Waals surface area contributed by atoms with E-state index in [0.717, 1.165) is 5.56 Å². The summed E-state index contributed by atoms with van der Waals surface area (Å²) in [5, 5.41) is 5.14. The van der Waals surface area contributed by atoms with Gasteiger partial charge in [0.25, 0.3) is 0 Å². The summed E-state index contributed by atoms with van der Waals surface area (Å²) in [5.74, 6) is 0. The Labute approximate surface area is 281 Å². The van der Waals surface area contributed by atoms with Gasteiger partial charge in [0.05, 0.1) is 0 Å². The predicted octanol–water partition coefficient (Wildman–Crippen LogP) is 13.5. The molecule has 0 fully saturated rings. The van der Waals surface area contributed by atoms with Crippen LogP contribution in [0.2, 0.25) is 0 Å². The van der Waals surface area contributed by atoms with Gasteiger partial charge < -0.3 is 0 Å². The molecule has 0 aliphatic heterocycles. The Morgan fingerprint density at radius 1 is 0.333 bits per heavy atom. The lowest BCUT2D eigenvalue weighted by molar-refractivity contribution is 1.62. The third-order valence-electron chi connectivity index (χ3n) is 9.78. The molecular formula is C48H32. The van der Waals surface area contributed by atoms with E-state index in [2.05, 4.69) is 183 Å². The Morgan fingerprint density at radius 3 is 1.40 bits per heavy atom. The Hall–Kier alpha value is -6.24. The summed E-state index contributed by atoms with van der Waals surface area (Å²) in [6.45, 7) is 3.99. The third-order valence-corrected chi connectivity index (χ3v) is 9.78. The van der Waals surface area contributed by atoms with Crippen LogP contribution in [0.25, 0.3) is 95.4 Å². The SMILES string of the molecule is C=Cc1ccc(-c2ccc3c4c(ccc(C=Cc5ccccc5)c24)-c2c-3c(-c3ccccc3)c3ccccc3c2-c2ccccc2)cc1. The van der Waals surface area contributed by atoms with E-state index in [1.165, 1.54) is 88.3 Å². The molecule has 0 N–H and O–H groups in total. The van der Waals surface area contributed by atoms with Crippen molar-refractivity contribution in [2.24, 2.45) is 0 Å². The zero-order chi connectivity index (χ0) is 32.0. The Balaban J connectivity index is 1.44. The normalized spacial score (nSPS) is 11.8. The monoisotopic (exact) mass is 608 g/mol. The van der Waals surface area contributed by atoms with Gasteiger partial charge in [-0.1, -0.05) is 189 Å². The molecule has 0 radical (unpaired) electrons. The summed E-state index contributed by atoms with van der Waals surface area (Å²) in [7, 11) is 0. The molecule has 0 spiro atoms. The van der Waals surface area contributed by atoms with Gasteiger partial charge in [0.2, 0.25) is 0 Å². The first-order valence-corrected chi connectivity index (χ1v) is 16.6. The molecule has 0 aromatic heterocycles. The van der Waals surface area contributed by atoms with Crippen molar-refractivity contribution in [1.29, 1.82) is 0 Å². The molecule has 1 aliphatic rings. The summed E-state index contributed by atoms with van der Waals surface area (Å²) < 4.78 is 0. The summed E-state index contributed by atoms with van der Waals surface area (Å²) in [6.07, 6.45) is 6.42. The van der Waals surface area contributed by atoms with Crippen LogP contribution >= 0.6 is 0 Å². The molecular weight excluding hydrogens is 577 g/mol. The second kappa shape index (κ2) is 11.5. The molecule has 1 aliphatic carbocycles. The van der Waals surface area contributed by atoms with Crippen molar-refractivity contribution in [3.8, 4) is 55.6 Å². The Kier molecular flexibility index (Phi) is 6.73. The number of hydrogen-bond donors (Lipinski definition) is 0. The highest BCUT2D eigenvalue weighted by Gasteiger charge is 2.31. The van der Waals surface area contributed by atoms with Gasteiger partial charge in [-0.25, -0.2) is 0 Å². The second-order valence-electron chi connectivity index (χ2n) is 12.5. The van der Waals surface area contributed by atoms with Gasteiger partial charge in [0.15, 0.2) is 0 Å². The van der Waals surface area contributed by atoms with Crippen molar-refractivity contribution in [3.05, 3.63) is 187 Å². The molecule has 8 aromatic rings. The molecule has 48 heavy (non-hydrogen) atoms. The molecule has 0 bridgehead atoms. The first kappa shape index (κ1) is 28.0. The zero-order valence-electron chi connectivity index (χ0n) is 26.5. The van der Waals surface area contributed by atoms with E-state index >= 15 is 0 Å². The highest BCUT2D eigenvalue weighted by Crippen LogP contribution is 2.59. The molecule has 0 nitrogen and oxygen atoms in total.